The van der Waals surface area contributed by atoms with Crippen molar-refractivity contribution in [2.75, 3.05) is 0 Å². The molecule has 0 saturated heterocycles. The molecule has 0 saturated carbocycles. The van der Waals surface area contributed by atoms with Crippen molar-refractivity contribution in [2.24, 2.45) is 5.73 Å². The van der Waals surface area contributed by atoms with Crippen molar-refractivity contribution in [3.8, 4) is 5.75 Å². The third kappa shape index (κ3) is 2.48. The van der Waals surface area contributed by atoms with E-state index >= 15 is 0 Å². The van der Waals surface area contributed by atoms with Crippen molar-refractivity contribution >= 4 is 21.9 Å². The molecule has 0 heterocycles. The van der Waals surface area contributed by atoms with Gasteiger partial charge >= 0.3 is 5.97 Å². The lowest BCUT2D eigenvalue weighted by molar-refractivity contribution is 0.0692. The number of rotatable bonds is 3. The summed E-state index contributed by atoms with van der Waals surface area (Å²) >= 11 is 2.96. The van der Waals surface area contributed by atoms with Gasteiger partial charge in [0.15, 0.2) is 0 Å². The molecule has 0 aliphatic heterocycles. The van der Waals surface area contributed by atoms with Crippen molar-refractivity contribution in [3.05, 3.63) is 27.7 Å². The minimum Gasteiger partial charge on any atom is -0.507 e. The van der Waals surface area contributed by atoms with Crippen LogP contribution in [0.3, 0.4) is 0 Å². The number of benzene rings is 1. The van der Waals surface area contributed by atoms with Crippen LogP contribution in [0.4, 0.5) is 8.78 Å². The molecule has 0 aromatic heterocycles. The van der Waals surface area contributed by atoms with Crippen LogP contribution in [0.2, 0.25) is 0 Å². The third-order valence-electron chi connectivity index (χ3n) is 1.97. The lowest BCUT2D eigenvalue weighted by Crippen LogP contribution is -2.19. The average molecular weight is 296 g/mol. The molecule has 0 unspecified atom stereocenters. The second-order valence-electron chi connectivity index (χ2n) is 3.06. The first kappa shape index (κ1) is 12.9. The smallest absolute Gasteiger partial charge is 0.339 e. The van der Waals surface area contributed by atoms with Gasteiger partial charge in [-0.2, -0.15) is 0 Å². The highest BCUT2D eigenvalue weighted by Crippen LogP contribution is 2.33. The van der Waals surface area contributed by atoms with Crippen LogP contribution in [0.5, 0.6) is 5.75 Å². The zero-order valence-corrected chi connectivity index (χ0v) is 9.41. The maximum absolute atomic E-state index is 12.4. The number of hydrogen-bond acceptors (Lipinski definition) is 3. The Morgan fingerprint density at radius 1 is 1.44 bits per heavy atom. The van der Waals surface area contributed by atoms with Gasteiger partial charge in [0.25, 0.3) is 6.43 Å². The van der Waals surface area contributed by atoms with Crippen LogP contribution in [0.1, 0.15) is 22.0 Å². The van der Waals surface area contributed by atoms with Crippen LogP contribution in [0.25, 0.3) is 0 Å². The Labute approximate surface area is 97.8 Å². The molecule has 1 aromatic rings. The fraction of sp³-hybridized carbons (Fsp3) is 0.222. The predicted molar refractivity (Wildman–Crippen MR) is 55.7 cm³/mol. The third-order valence-corrected chi connectivity index (χ3v) is 2.42. The number of carboxylic acids is 1. The fourth-order valence-electron chi connectivity index (χ4n) is 1.17. The quantitative estimate of drug-likeness (QED) is 0.797. The summed E-state index contributed by atoms with van der Waals surface area (Å²) in [7, 11) is 0. The molecule has 0 bridgehead atoms. The maximum atomic E-state index is 12.4. The van der Waals surface area contributed by atoms with E-state index < -0.39 is 29.7 Å². The summed E-state index contributed by atoms with van der Waals surface area (Å²) in [6.45, 7) is 0. The topological polar surface area (TPSA) is 83.6 Å². The Kier molecular flexibility index (Phi) is 3.82. The molecule has 4 nitrogen and oxygen atoms in total. The van der Waals surface area contributed by atoms with E-state index in [1.54, 1.807) is 0 Å². The Morgan fingerprint density at radius 3 is 2.44 bits per heavy atom. The second kappa shape index (κ2) is 4.75. The molecule has 0 spiro atoms. The van der Waals surface area contributed by atoms with Gasteiger partial charge < -0.3 is 15.9 Å². The normalized spacial score (nSPS) is 12.8. The highest BCUT2D eigenvalue weighted by molar-refractivity contribution is 9.10. The van der Waals surface area contributed by atoms with Gasteiger partial charge in [0, 0.05) is 10.0 Å². The number of phenols is 1. The number of aromatic carboxylic acids is 1. The highest BCUT2D eigenvalue weighted by atomic mass is 79.9. The lowest BCUT2D eigenvalue weighted by atomic mass is 10.0. The Hall–Kier alpha value is -1.21. The maximum Gasteiger partial charge on any atom is 0.339 e. The number of carbonyl (C=O) groups is 1. The summed E-state index contributed by atoms with van der Waals surface area (Å²) in [6, 6.07) is 0.549. The largest absolute Gasteiger partial charge is 0.507 e. The van der Waals surface area contributed by atoms with Gasteiger partial charge in [-0.15, -0.1) is 0 Å². The average Bonchev–Trinajstić information content (AvgIpc) is 2.19. The molecule has 4 N–H and O–H groups in total. The number of hydrogen-bond donors (Lipinski definition) is 3. The van der Waals surface area contributed by atoms with Crippen LogP contribution in [0.15, 0.2) is 16.6 Å². The van der Waals surface area contributed by atoms with Crippen LogP contribution < -0.4 is 5.73 Å². The van der Waals surface area contributed by atoms with E-state index in [1.807, 2.05) is 0 Å². The first-order chi connectivity index (χ1) is 7.34. The van der Waals surface area contributed by atoms with E-state index in [2.05, 4.69) is 15.9 Å². The van der Waals surface area contributed by atoms with Gasteiger partial charge in [0.2, 0.25) is 0 Å². The van der Waals surface area contributed by atoms with E-state index in [9.17, 15) is 18.7 Å². The van der Waals surface area contributed by atoms with Gasteiger partial charge in [-0.3, -0.25) is 0 Å². The molecule has 0 aliphatic rings. The van der Waals surface area contributed by atoms with E-state index in [0.29, 0.717) is 0 Å². The van der Waals surface area contributed by atoms with Gasteiger partial charge in [0.05, 0.1) is 6.04 Å². The fourth-order valence-corrected chi connectivity index (χ4v) is 1.65. The molecule has 0 fully saturated rings. The molecular formula is C9H8BrF2NO3. The predicted octanol–water partition coefficient (Wildman–Crippen LogP) is 2.12. The zero-order valence-electron chi connectivity index (χ0n) is 7.82. The van der Waals surface area contributed by atoms with Crippen LogP contribution in [-0.2, 0) is 0 Å². The standard InChI is InChI=1S/C9H8BrF2NO3/c10-3-1-4(6(13)8(11)12)7(14)5(2-3)9(15)16/h1-2,6,8,14H,13H2,(H,15,16)/t6-/m0/s1. The van der Waals surface area contributed by atoms with Crippen molar-refractivity contribution in [1.29, 1.82) is 0 Å². The van der Waals surface area contributed by atoms with Crippen molar-refractivity contribution < 1.29 is 23.8 Å². The van der Waals surface area contributed by atoms with Crippen LogP contribution in [0, 0.1) is 0 Å². The Morgan fingerprint density at radius 2 is 2.00 bits per heavy atom. The van der Waals surface area contributed by atoms with Gasteiger partial charge in [0.1, 0.15) is 11.3 Å². The van der Waals surface area contributed by atoms with Crippen LogP contribution in [-0.4, -0.2) is 22.6 Å². The highest BCUT2D eigenvalue weighted by Gasteiger charge is 2.24. The number of alkyl halides is 2. The van der Waals surface area contributed by atoms with Crippen LogP contribution >= 0.6 is 15.9 Å². The second-order valence-corrected chi connectivity index (χ2v) is 3.97. The van der Waals surface area contributed by atoms with Crippen molar-refractivity contribution in [1.82, 2.24) is 0 Å². The minimum absolute atomic E-state index is 0.258. The molecular weight excluding hydrogens is 288 g/mol. The Bertz CT molecular complexity index is 425. The molecule has 1 aromatic carbocycles. The number of aromatic hydroxyl groups is 1. The summed E-state index contributed by atoms with van der Waals surface area (Å²) in [6.07, 6.45) is -2.89. The number of halogens is 3. The minimum atomic E-state index is -2.89. The first-order valence-corrected chi connectivity index (χ1v) is 4.93. The number of nitrogens with two attached hydrogens (primary N) is 1. The Balaban J connectivity index is 3.35. The summed E-state index contributed by atoms with van der Waals surface area (Å²) in [5, 5.41) is 18.2. The zero-order chi connectivity index (χ0) is 12.5. The van der Waals surface area contributed by atoms with Crippen molar-refractivity contribution in [3.63, 3.8) is 0 Å². The molecule has 0 aliphatic carbocycles. The molecule has 16 heavy (non-hydrogen) atoms. The molecule has 88 valence electrons. The molecule has 0 amide bonds. The summed E-state index contributed by atoms with van der Waals surface area (Å²) in [5.74, 6) is -2.15. The van der Waals surface area contributed by atoms with E-state index in [0.717, 1.165) is 6.07 Å². The lowest BCUT2D eigenvalue weighted by Gasteiger charge is -2.14. The summed E-state index contributed by atoms with van der Waals surface area (Å²) < 4.78 is 25.0. The monoisotopic (exact) mass is 295 g/mol. The first-order valence-electron chi connectivity index (χ1n) is 4.14. The summed E-state index contributed by atoms with van der Waals surface area (Å²) in [5.41, 5.74) is 4.38. The molecule has 1 rings (SSSR count). The van der Waals surface area contributed by atoms with Crippen molar-refractivity contribution in [2.45, 2.75) is 12.5 Å². The van der Waals surface area contributed by atoms with Gasteiger partial charge in [-0.25, -0.2) is 13.6 Å². The summed E-state index contributed by atoms with van der Waals surface area (Å²) in [4.78, 5) is 10.7. The molecule has 1 atom stereocenters. The van der Waals surface area contributed by atoms with E-state index in [-0.39, 0.29) is 10.0 Å². The van der Waals surface area contributed by atoms with Gasteiger partial charge in [-0.05, 0) is 12.1 Å². The molecule has 0 radical (unpaired) electrons. The van der Waals surface area contributed by atoms with E-state index in [1.165, 1.54) is 6.07 Å². The SMILES string of the molecule is N[C@@H](c1cc(Br)cc(C(=O)O)c1O)C(F)F. The molecule has 7 heteroatoms. The number of carboxylic acid groups (broad SMARTS) is 1. The van der Waals surface area contributed by atoms with Gasteiger partial charge in [-0.1, -0.05) is 15.9 Å². The van der Waals surface area contributed by atoms with E-state index in [4.69, 9.17) is 10.8 Å².